The number of hydrogen-bond donors (Lipinski definition) is 1. The molecule has 7 atom stereocenters. The van der Waals surface area contributed by atoms with Crippen LogP contribution in [0.1, 0.15) is 54.4 Å². The molecule has 180 valence electrons. The highest BCUT2D eigenvalue weighted by atomic mass is 16.6. The van der Waals surface area contributed by atoms with E-state index in [1.807, 2.05) is 6.92 Å². The summed E-state index contributed by atoms with van der Waals surface area (Å²) in [5.41, 5.74) is -2.31. The van der Waals surface area contributed by atoms with Gasteiger partial charge in [0, 0.05) is 48.7 Å². The lowest BCUT2D eigenvalue weighted by Gasteiger charge is -2.63. The van der Waals surface area contributed by atoms with Gasteiger partial charge in [0.15, 0.2) is 0 Å². The minimum absolute atomic E-state index is 0.134. The molecule has 33 heavy (non-hydrogen) atoms. The van der Waals surface area contributed by atoms with Gasteiger partial charge in [-0.3, -0.25) is 9.59 Å². The van der Waals surface area contributed by atoms with Crippen molar-refractivity contribution >= 4 is 23.9 Å². The van der Waals surface area contributed by atoms with Crippen LogP contribution in [0.5, 0.6) is 0 Å². The summed E-state index contributed by atoms with van der Waals surface area (Å²) in [6.45, 7) is 9.13. The minimum atomic E-state index is -1.30. The van der Waals surface area contributed by atoms with Gasteiger partial charge in [-0.05, 0) is 27.2 Å². The van der Waals surface area contributed by atoms with Crippen LogP contribution in [-0.2, 0) is 38.1 Å². The van der Waals surface area contributed by atoms with E-state index in [0.29, 0.717) is 17.6 Å². The molecule has 0 radical (unpaired) electrons. The van der Waals surface area contributed by atoms with Gasteiger partial charge in [0.05, 0.1) is 11.2 Å². The second-order valence-corrected chi connectivity index (χ2v) is 10.00. The number of carbonyl (C=O) groups excluding carboxylic acids is 4. The first-order valence-electron chi connectivity index (χ1n) is 11.1. The van der Waals surface area contributed by atoms with E-state index in [4.69, 9.17) is 18.9 Å². The van der Waals surface area contributed by atoms with E-state index < -0.39 is 58.6 Å². The minimum Gasteiger partial charge on any atom is -0.462 e. The van der Waals surface area contributed by atoms with Gasteiger partial charge in [0.25, 0.3) is 0 Å². The van der Waals surface area contributed by atoms with E-state index in [9.17, 15) is 24.3 Å². The quantitative estimate of drug-likeness (QED) is 0.369. The maximum absolute atomic E-state index is 13.0. The molecule has 0 bridgehead atoms. The molecule has 9 nitrogen and oxygen atoms in total. The van der Waals surface area contributed by atoms with E-state index in [2.05, 4.69) is 0 Å². The summed E-state index contributed by atoms with van der Waals surface area (Å²) in [5.74, 6) is -3.09. The first-order valence-corrected chi connectivity index (χ1v) is 11.1. The van der Waals surface area contributed by atoms with Crippen molar-refractivity contribution in [2.24, 2.45) is 17.3 Å². The molecule has 0 amide bonds. The average Bonchev–Trinajstić information content (AvgIpc) is 3.20. The molecule has 4 rings (SSSR count). The number of carbonyl (C=O) groups is 4. The van der Waals surface area contributed by atoms with Gasteiger partial charge in [-0.2, -0.15) is 0 Å². The largest absolute Gasteiger partial charge is 0.462 e. The van der Waals surface area contributed by atoms with Gasteiger partial charge >= 0.3 is 23.9 Å². The second kappa shape index (κ2) is 7.41. The Morgan fingerprint density at radius 1 is 1.12 bits per heavy atom. The highest BCUT2D eigenvalue weighted by molar-refractivity contribution is 5.96. The predicted octanol–water partition coefficient (Wildman–Crippen LogP) is 1.76. The Balaban J connectivity index is 1.83. The van der Waals surface area contributed by atoms with Crippen molar-refractivity contribution in [1.82, 2.24) is 0 Å². The number of hydrogen-bond acceptors (Lipinski definition) is 9. The normalized spacial score (nSPS) is 40.9. The summed E-state index contributed by atoms with van der Waals surface area (Å²) >= 11 is 0. The molecular formula is C24H30O9. The molecule has 1 spiro atoms. The summed E-state index contributed by atoms with van der Waals surface area (Å²) in [7, 11) is 0. The molecule has 1 N–H and O–H groups in total. The summed E-state index contributed by atoms with van der Waals surface area (Å²) in [6.07, 6.45) is 0.767. The zero-order valence-electron chi connectivity index (χ0n) is 19.7. The first kappa shape index (κ1) is 23.5. The molecule has 0 aromatic carbocycles. The fourth-order valence-electron chi connectivity index (χ4n) is 6.78. The van der Waals surface area contributed by atoms with Gasteiger partial charge in [-0.1, -0.05) is 13.0 Å². The van der Waals surface area contributed by atoms with Crippen LogP contribution < -0.4 is 0 Å². The summed E-state index contributed by atoms with van der Waals surface area (Å²) in [6, 6.07) is 0. The highest BCUT2D eigenvalue weighted by Crippen LogP contribution is 2.79. The number of ether oxygens (including phenoxy) is 4. The van der Waals surface area contributed by atoms with Crippen LogP contribution >= 0.6 is 0 Å². The fourth-order valence-corrected chi connectivity index (χ4v) is 6.78. The molecule has 1 heterocycles. The Labute approximate surface area is 192 Å². The lowest BCUT2D eigenvalue weighted by Crippen LogP contribution is -2.71. The lowest BCUT2D eigenvalue weighted by molar-refractivity contribution is -0.262. The topological polar surface area (TPSA) is 125 Å². The van der Waals surface area contributed by atoms with E-state index in [0.717, 1.165) is 0 Å². The Morgan fingerprint density at radius 2 is 1.79 bits per heavy atom. The van der Waals surface area contributed by atoms with Gasteiger partial charge < -0.3 is 24.1 Å². The predicted molar refractivity (Wildman–Crippen MR) is 112 cm³/mol. The first-order chi connectivity index (χ1) is 15.3. The molecule has 3 aliphatic carbocycles. The number of allylic oxidation sites excluding steroid dienone is 1. The number of rotatable bonds is 5. The van der Waals surface area contributed by atoms with E-state index in [1.165, 1.54) is 13.8 Å². The molecule has 0 aromatic rings. The summed E-state index contributed by atoms with van der Waals surface area (Å²) < 4.78 is 22.5. The second-order valence-electron chi connectivity index (χ2n) is 10.00. The van der Waals surface area contributed by atoms with E-state index in [1.54, 1.807) is 26.8 Å². The van der Waals surface area contributed by atoms with Crippen LogP contribution in [0.25, 0.3) is 0 Å². The molecule has 7 unspecified atom stereocenters. The SMILES string of the molecule is CC=C(C)C(=O)OC1CC2(C)C3C(OC(C)=O)CC(C)(O)C3C23OC(=O)C(COC(C)=O)=C13. The Morgan fingerprint density at radius 3 is 2.36 bits per heavy atom. The smallest absolute Gasteiger partial charge is 0.338 e. The zero-order chi connectivity index (χ0) is 24.5. The maximum Gasteiger partial charge on any atom is 0.338 e. The van der Waals surface area contributed by atoms with E-state index >= 15 is 0 Å². The molecule has 9 heteroatoms. The average molecular weight is 462 g/mol. The van der Waals surface area contributed by atoms with Crippen molar-refractivity contribution in [3.63, 3.8) is 0 Å². The van der Waals surface area contributed by atoms with Gasteiger partial charge in [0.1, 0.15) is 24.4 Å². The van der Waals surface area contributed by atoms with Crippen LogP contribution in [0.15, 0.2) is 22.8 Å². The molecule has 0 aromatic heterocycles. The van der Waals surface area contributed by atoms with E-state index in [-0.39, 0.29) is 24.5 Å². The van der Waals surface area contributed by atoms with Crippen LogP contribution in [0, 0.1) is 17.3 Å². The van der Waals surface area contributed by atoms with Crippen molar-refractivity contribution in [3.05, 3.63) is 22.8 Å². The van der Waals surface area contributed by atoms with Crippen LogP contribution in [0.3, 0.4) is 0 Å². The van der Waals surface area contributed by atoms with Crippen LogP contribution in [0.2, 0.25) is 0 Å². The third kappa shape index (κ3) is 3.08. The van der Waals surface area contributed by atoms with Crippen LogP contribution in [-0.4, -0.2) is 59.0 Å². The molecule has 4 aliphatic rings. The Hall–Kier alpha value is -2.68. The summed E-state index contributed by atoms with van der Waals surface area (Å²) in [4.78, 5) is 48.9. The molecular weight excluding hydrogens is 432 g/mol. The maximum atomic E-state index is 13.0. The third-order valence-electron chi connectivity index (χ3n) is 7.96. The number of aliphatic hydroxyl groups is 1. The van der Waals surface area contributed by atoms with Gasteiger partial charge in [-0.15, -0.1) is 0 Å². The van der Waals surface area contributed by atoms with Gasteiger partial charge in [0.2, 0.25) is 0 Å². The van der Waals surface area contributed by atoms with Crippen LogP contribution in [0.4, 0.5) is 0 Å². The highest BCUT2D eigenvalue weighted by Gasteiger charge is 2.87. The number of fused-ring (bicyclic) bond motifs is 2. The van der Waals surface area contributed by atoms with Crippen molar-refractivity contribution in [2.45, 2.75) is 77.8 Å². The fraction of sp³-hybridized carbons (Fsp3) is 0.667. The Bertz CT molecular complexity index is 1010. The van der Waals surface area contributed by atoms with Crippen molar-refractivity contribution in [1.29, 1.82) is 0 Å². The lowest BCUT2D eigenvalue weighted by atomic mass is 9.44. The van der Waals surface area contributed by atoms with Crippen molar-refractivity contribution in [2.75, 3.05) is 6.61 Å². The number of esters is 4. The third-order valence-corrected chi connectivity index (χ3v) is 7.96. The molecule has 0 saturated heterocycles. The molecule has 3 saturated carbocycles. The standard InChI is InChI=1S/C24H30O9/c1-7-11(2)20(27)32-15-8-22(5)18-16(31-13(4)26)9-23(6,29)19(18)24(22)17(15)14(21(28)33-24)10-30-12(3)25/h7,15-16,18-19,29H,8-10H2,1-6H3. The van der Waals surface area contributed by atoms with Crippen molar-refractivity contribution < 1.29 is 43.2 Å². The van der Waals surface area contributed by atoms with Gasteiger partial charge in [-0.25, -0.2) is 9.59 Å². The molecule has 1 aliphatic heterocycles. The Kier molecular flexibility index (Phi) is 5.27. The molecule has 3 fully saturated rings. The monoisotopic (exact) mass is 462 g/mol. The zero-order valence-corrected chi connectivity index (χ0v) is 19.7. The summed E-state index contributed by atoms with van der Waals surface area (Å²) in [5, 5.41) is 11.3. The van der Waals surface area contributed by atoms with Crippen molar-refractivity contribution in [3.8, 4) is 0 Å².